The molecule has 0 bridgehead atoms. The smallest absolute Gasteiger partial charge is 0.0693 e. The second-order valence-corrected chi connectivity index (χ2v) is 10.6. The standard InChI is InChI=1S/C20H38O2P2/c1-15(10-14-22-24-23)7-8-17-19(4)12-6-11-18(2,3)16(19)9-13-20(17,5)21/h10,16-17,21,24H,6-9,11-14,23H2,1-5H3/t16-,17+,19-,20+/m0/s1. The van der Waals surface area contributed by atoms with E-state index < -0.39 is 5.60 Å². The van der Waals surface area contributed by atoms with Crippen molar-refractivity contribution in [2.45, 2.75) is 85.2 Å². The van der Waals surface area contributed by atoms with Crippen LogP contribution in [0.1, 0.15) is 79.6 Å². The van der Waals surface area contributed by atoms with Gasteiger partial charge in [0.2, 0.25) is 0 Å². The highest BCUT2D eigenvalue weighted by Gasteiger charge is 2.57. The quantitative estimate of drug-likeness (QED) is 0.346. The summed E-state index contributed by atoms with van der Waals surface area (Å²) in [6.07, 6.45) is 10.5. The summed E-state index contributed by atoms with van der Waals surface area (Å²) in [5.74, 6) is 1.14. The van der Waals surface area contributed by atoms with E-state index in [4.69, 9.17) is 4.52 Å². The minimum absolute atomic E-state index is 0.279. The summed E-state index contributed by atoms with van der Waals surface area (Å²) in [6.45, 7) is 12.4. The third-order valence-electron chi connectivity index (χ3n) is 7.19. The number of hydrogen-bond acceptors (Lipinski definition) is 2. The lowest BCUT2D eigenvalue weighted by Crippen LogP contribution is -2.57. The highest BCUT2D eigenvalue weighted by Crippen LogP contribution is 2.62. The molecular formula is C20H38O2P2. The van der Waals surface area contributed by atoms with Gasteiger partial charge in [0.15, 0.2) is 0 Å². The van der Waals surface area contributed by atoms with Gasteiger partial charge in [0.1, 0.15) is 0 Å². The lowest BCUT2D eigenvalue weighted by atomic mass is 9.45. The van der Waals surface area contributed by atoms with Gasteiger partial charge in [0, 0.05) is 8.50 Å². The Balaban J connectivity index is 2.13. The van der Waals surface area contributed by atoms with Crippen molar-refractivity contribution < 1.29 is 9.63 Å². The molecule has 0 aromatic carbocycles. The zero-order chi connectivity index (χ0) is 18.0. The van der Waals surface area contributed by atoms with Gasteiger partial charge in [-0.1, -0.05) is 47.8 Å². The van der Waals surface area contributed by atoms with E-state index in [1.165, 1.54) is 31.3 Å². The van der Waals surface area contributed by atoms with Crippen molar-refractivity contribution in [1.82, 2.24) is 0 Å². The molecule has 2 nitrogen and oxygen atoms in total. The fraction of sp³-hybridized carbons (Fsp3) is 0.900. The molecule has 2 rings (SSSR count). The highest BCUT2D eigenvalue weighted by molar-refractivity contribution is 8.00. The molecule has 6 atom stereocenters. The number of aliphatic hydroxyl groups is 1. The van der Waals surface area contributed by atoms with Gasteiger partial charge in [0.25, 0.3) is 0 Å². The Hall–Kier alpha value is 0.520. The largest absolute Gasteiger partial charge is 0.390 e. The minimum atomic E-state index is -0.517. The molecule has 0 aromatic heterocycles. The van der Waals surface area contributed by atoms with E-state index in [0.29, 0.717) is 26.4 Å². The summed E-state index contributed by atoms with van der Waals surface area (Å²) >= 11 is 0. The summed E-state index contributed by atoms with van der Waals surface area (Å²) in [5.41, 5.74) is 1.58. The number of hydrogen-bond donors (Lipinski definition) is 1. The molecule has 4 heteroatoms. The average molecular weight is 372 g/mol. The first-order chi connectivity index (χ1) is 11.1. The third-order valence-corrected chi connectivity index (χ3v) is 8.02. The van der Waals surface area contributed by atoms with Gasteiger partial charge in [0.05, 0.1) is 12.2 Å². The van der Waals surface area contributed by atoms with Crippen LogP contribution in [0.15, 0.2) is 11.6 Å². The third kappa shape index (κ3) is 4.43. The first-order valence-electron chi connectivity index (χ1n) is 9.59. The van der Waals surface area contributed by atoms with Crippen LogP contribution in [0, 0.1) is 22.7 Å². The van der Waals surface area contributed by atoms with E-state index in [1.54, 1.807) is 0 Å². The van der Waals surface area contributed by atoms with Crippen molar-refractivity contribution in [3.63, 3.8) is 0 Å². The minimum Gasteiger partial charge on any atom is -0.390 e. The van der Waals surface area contributed by atoms with Crippen LogP contribution in [-0.4, -0.2) is 17.3 Å². The van der Waals surface area contributed by atoms with E-state index in [0.717, 1.165) is 25.2 Å². The molecule has 2 saturated carbocycles. The molecule has 24 heavy (non-hydrogen) atoms. The second kappa shape index (κ2) is 8.04. The van der Waals surface area contributed by atoms with Crippen LogP contribution in [0.25, 0.3) is 0 Å². The lowest BCUT2D eigenvalue weighted by Gasteiger charge is -2.61. The van der Waals surface area contributed by atoms with Crippen molar-refractivity contribution in [1.29, 1.82) is 0 Å². The maximum atomic E-state index is 11.2. The summed E-state index contributed by atoms with van der Waals surface area (Å²) < 4.78 is 5.43. The number of allylic oxidation sites excluding steroid dienone is 1. The van der Waals surface area contributed by atoms with Crippen LogP contribution in [0.2, 0.25) is 0 Å². The molecular weight excluding hydrogens is 334 g/mol. The Bertz CT molecular complexity index is 459. The monoisotopic (exact) mass is 372 g/mol. The zero-order valence-electron chi connectivity index (χ0n) is 16.3. The summed E-state index contributed by atoms with van der Waals surface area (Å²) in [5, 5.41) is 11.2. The summed E-state index contributed by atoms with van der Waals surface area (Å²) in [7, 11) is 3.10. The molecule has 0 radical (unpaired) electrons. The van der Waals surface area contributed by atoms with Gasteiger partial charge >= 0.3 is 0 Å². The van der Waals surface area contributed by atoms with Gasteiger partial charge in [-0.25, -0.2) is 0 Å². The number of fused-ring (bicyclic) bond motifs is 1. The van der Waals surface area contributed by atoms with Crippen molar-refractivity contribution in [3.8, 4) is 0 Å². The van der Waals surface area contributed by atoms with Crippen LogP contribution in [0.4, 0.5) is 0 Å². The Kier molecular flexibility index (Phi) is 6.98. The summed E-state index contributed by atoms with van der Waals surface area (Å²) in [4.78, 5) is 0. The van der Waals surface area contributed by atoms with E-state index in [9.17, 15) is 5.11 Å². The van der Waals surface area contributed by atoms with Gasteiger partial charge in [-0.2, -0.15) is 0 Å². The molecule has 0 aromatic rings. The van der Waals surface area contributed by atoms with Crippen molar-refractivity contribution in [2.24, 2.45) is 22.7 Å². The molecule has 0 aliphatic heterocycles. The van der Waals surface area contributed by atoms with E-state index in [-0.39, 0.29) is 5.41 Å². The average Bonchev–Trinajstić information content (AvgIpc) is 2.45. The predicted molar refractivity (Wildman–Crippen MR) is 110 cm³/mol. The van der Waals surface area contributed by atoms with Gasteiger partial charge in [-0.3, -0.25) is 0 Å². The number of rotatable bonds is 6. The molecule has 0 heterocycles. The van der Waals surface area contributed by atoms with E-state index in [2.05, 4.69) is 49.6 Å². The van der Waals surface area contributed by atoms with Crippen LogP contribution in [0.5, 0.6) is 0 Å². The Morgan fingerprint density at radius 2 is 1.96 bits per heavy atom. The Morgan fingerprint density at radius 1 is 1.25 bits per heavy atom. The molecule has 2 aliphatic carbocycles. The fourth-order valence-electron chi connectivity index (χ4n) is 5.97. The van der Waals surface area contributed by atoms with Crippen molar-refractivity contribution in [3.05, 3.63) is 11.6 Å². The topological polar surface area (TPSA) is 29.5 Å². The fourth-order valence-corrected chi connectivity index (χ4v) is 6.44. The van der Waals surface area contributed by atoms with Crippen LogP contribution < -0.4 is 0 Å². The lowest BCUT2D eigenvalue weighted by molar-refractivity contribution is -0.168. The second-order valence-electron chi connectivity index (χ2n) is 9.37. The molecule has 0 saturated heterocycles. The molecule has 0 amide bonds. The maximum Gasteiger partial charge on any atom is 0.0693 e. The van der Waals surface area contributed by atoms with Gasteiger partial charge in [-0.05, 0) is 75.0 Å². The predicted octanol–water partition coefficient (Wildman–Crippen LogP) is 6.11. The molecule has 0 spiro atoms. The molecule has 2 unspecified atom stereocenters. The zero-order valence-corrected chi connectivity index (χ0v) is 18.5. The van der Waals surface area contributed by atoms with Crippen LogP contribution in [-0.2, 0) is 4.52 Å². The molecule has 140 valence electrons. The SMILES string of the molecule is CC(=CCOPP)CC[C@@H]1[C@@]2(C)CCCC(C)(C)[C@@H]2CC[C@@]1(C)O. The molecule has 1 N–H and O–H groups in total. The maximum absolute atomic E-state index is 11.2. The van der Waals surface area contributed by atoms with Gasteiger partial charge < -0.3 is 9.63 Å². The first kappa shape index (κ1) is 20.8. The highest BCUT2D eigenvalue weighted by atomic mass is 32.0. The van der Waals surface area contributed by atoms with Crippen LogP contribution >= 0.6 is 17.4 Å². The normalized spacial score (nSPS) is 40.0. The van der Waals surface area contributed by atoms with Crippen molar-refractivity contribution in [2.75, 3.05) is 6.61 Å². The Labute approximate surface area is 153 Å². The van der Waals surface area contributed by atoms with E-state index >= 15 is 0 Å². The van der Waals surface area contributed by atoms with Crippen LogP contribution in [0.3, 0.4) is 0 Å². The molecule has 2 fully saturated rings. The first-order valence-corrected chi connectivity index (χ1v) is 12.3. The van der Waals surface area contributed by atoms with Gasteiger partial charge in [-0.15, -0.1) is 0 Å². The summed E-state index contributed by atoms with van der Waals surface area (Å²) in [6, 6.07) is 0. The van der Waals surface area contributed by atoms with Crippen molar-refractivity contribution >= 4 is 17.4 Å². The Morgan fingerprint density at radius 3 is 2.62 bits per heavy atom. The van der Waals surface area contributed by atoms with E-state index in [1.807, 2.05) is 0 Å². The molecule has 2 aliphatic rings.